The Morgan fingerprint density at radius 2 is 1.89 bits per heavy atom. The number of fused-ring (bicyclic) bond motifs is 1. The maximum Gasteiger partial charge on any atom is 0.246 e. The molecule has 3 amide bonds. The summed E-state index contributed by atoms with van der Waals surface area (Å²) in [5, 5.41) is 6.79. The van der Waals surface area contributed by atoms with Crippen LogP contribution in [0.25, 0.3) is 0 Å². The molecule has 1 aromatic rings. The summed E-state index contributed by atoms with van der Waals surface area (Å²) >= 11 is 6.00. The Kier molecular flexibility index (Phi) is 6.77. The molecule has 6 rings (SSSR count). The van der Waals surface area contributed by atoms with Gasteiger partial charge < -0.3 is 25.0 Å². The third-order valence-corrected chi connectivity index (χ3v) is 9.75. The summed E-state index contributed by atoms with van der Waals surface area (Å²) < 4.78 is 12.3. The van der Waals surface area contributed by atoms with Gasteiger partial charge in [0.05, 0.1) is 24.0 Å². The Hall–Kier alpha value is -2.42. The second kappa shape index (κ2) is 9.96. The first kappa shape index (κ1) is 25.8. The molecule has 1 saturated carbocycles. The summed E-state index contributed by atoms with van der Waals surface area (Å²) in [5.41, 5.74) is -0.577. The number of amides is 3. The molecule has 8 nitrogen and oxygen atoms in total. The van der Waals surface area contributed by atoms with Crippen LogP contribution >= 0.6 is 11.6 Å². The van der Waals surface area contributed by atoms with Gasteiger partial charge in [0.1, 0.15) is 11.6 Å². The summed E-state index contributed by atoms with van der Waals surface area (Å²) in [6.07, 6.45) is 7.93. The van der Waals surface area contributed by atoms with E-state index in [0.29, 0.717) is 35.7 Å². The Balaban J connectivity index is 1.29. The molecule has 3 saturated heterocycles. The summed E-state index contributed by atoms with van der Waals surface area (Å²) in [5.74, 6) is -1.35. The second-order valence-electron chi connectivity index (χ2n) is 11.7. The number of anilines is 1. The van der Waals surface area contributed by atoms with Crippen LogP contribution in [-0.4, -0.2) is 65.7 Å². The van der Waals surface area contributed by atoms with E-state index in [0.717, 1.165) is 32.1 Å². The van der Waals surface area contributed by atoms with Crippen molar-refractivity contribution in [2.24, 2.45) is 23.7 Å². The van der Waals surface area contributed by atoms with E-state index >= 15 is 0 Å². The van der Waals surface area contributed by atoms with Gasteiger partial charge in [0.25, 0.3) is 0 Å². The van der Waals surface area contributed by atoms with Crippen molar-refractivity contribution in [2.75, 3.05) is 18.5 Å². The topological polar surface area (TPSA) is 97.0 Å². The quantitative estimate of drug-likeness (QED) is 0.537. The number of nitrogens with zero attached hydrogens (tertiary/aromatic N) is 1. The van der Waals surface area contributed by atoms with Gasteiger partial charge in [0.2, 0.25) is 17.7 Å². The van der Waals surface area contributed by atoms with Gasteiger partial charge in [-0.15, -0.1) is 0 Å². The summed E-state index contributed by atoms with van der Waals surface area (Å²) in [4.78, 5) is 43.3. The molecule has 38 heavy (non-hydrogen) atoms. The van der Waals surface area contributed by atoms with Gasteiger partial charge in [0, 0.05) is 29.9 Å². The summed E-state index contributed by atoms with van der Waals surface area (Å²) in [7, 11) is 0. The molecule has 2 bridgehead atoms. The van der Waals surface area contributed by atoms with Gasteiger partial charge in [-0.3, -0.25) is 14.4 Å². The highest BCUT2D eigenvalue weighted by Crippen LogP contribution is 2.55. The third kappa shape index (κ3) is 4.25. The van der Waals surface area contributed by atoms with Crippen LogP contribution < -0.4 is 10.6 Å². The van der Waals surface area contributed by atoms with Crippen molar-refractivity contribution in [1.29, 1.82) is 0 Å². The summed E-state index contributed by atoms with van der Waals surface area (Å²) in [6.45, 7) is 5.39. The van der Waals surface area contributed by atoms with Gasteiger partial charge >= 0.3 is 0 Å². The Morgan fingerprint density at radius 3 is 2.63 bits per heavy atom. The number of nitrogens with one attached hydrogen (secondary N) is 2. The monoisotopic (exact) mass is 541 g/mol. The van der Waals surface area contributed by atoms with Crippen LogP contribution in [0.2, 0.25) is 5.02 Å². The van der Waals surface area contributed by atoms with E-state index in [1.807, 2.05) is 12.2 Å². The molecular weight excluding hydrogens is 506 g/mol. The number of carbonyl (C=O) groups is 3. The second-order valence-corrected chi connectivity index (χ2v) is 12.1. The average Bonchev–Trinajstić information content (AvgIpc) is 3.66. The predicted molar refractivity (Wildman–Crippen MR) is 142 cm³/mol. The van der Waals surface area contributed by atoms with E-state index in [2.05, 4.69) is 24.5 Å². The van der Waals surface area contributed by atoms with Crippen molar-refractivity contribution in [3.05, 3.63) is 41.4 Å². The van der Waals surface area contributed by atoms with Gasteiger partial charge in [0.15, 0.2) is 0 Å². The Labute approximate surface area is 228 Å². The van der Waals surface area contributed by atoms with Gasteiger partial charge in [-0.25, -0.2) is 0 Å². The molecule has 204 valence electrons. The fourth-order valence-electron chi connectivity index (χ4n) is 7.28. The van der Waals surface area contributed by atoms with Crippen LogP contribution in [0.1, 0.15) is 46.0 Å². The van der Waals surface area contributed by atoms with Crippen LogP contribution in [0.5, 0.6) is 0 Å². The number of hydrogen-bond donors (Lipinski definition) is 2. The van der Waals surface area contributed by atoms with E-state index in [1.165, 1.54) is 0 Å². The first-order valence-corrected chi connectivity index (χ1v) is 14.3. The van der Waals surface area contributed by atoms with Crippen molar-refractivity contribution >= 4 is 35.0 Å². The van der Waals surface area contributed by atoms with Gasteiger partial charge in [-0.2, -0.15) is 0 Å². The highest BCUT2D eigenvalue weighted by atomic mass is 35.5. The van der Waals surface area contributed by atoms with E-state index in [4.69, 9.17) is 21.1 Å². The lowest BCUT2D eigenvalue weighted by molar-refractivity contribution is -0.143. The highest BCUT2D eigenvalue weighted by Gasteiger charge is 2.73. The summed E-state index contributed by atoms with van der Waals surface area (Å²) in [6, 6.07) is 6.06. The minimum absolute atomic E-state index is 0.0490. The lowest BCUT2D eigenvalue weighted by Gasteiger charge is -2.38. The fraction of sp³-hybridized carbons (Fsp3) is 0.621. The van der Waals surface area contributed by atoms with Crippen LogP contribution in [0.4, 0.5) is 5.69 Å². The normalized spacial score (nSPS) is 39.4. The van der Waals surface area contributed by atoms with E-state index in [9.17, 15) is 14.4 Å². The van der Waals surface area contributed by atoms with Crippen molar-refractivity contribution in [2.45, 2.75) is 75.8 Å². The third-order valence-electron chi connectivity index (χ3n) is 9.50. The molecule has 5 aliphatic rings. The van der Waals surface area contributed by atoms with Gasteiger partial charge in [-0.1, -0.05) is 50.4 Å². The smallest absolute Gasteiger partial charge is 0.246 e. The molecule has 0 radical (unpaired) electrons. The molecule has 1 aromatic carbocycles. The number of rotatable bonds is 6. The zero-order valence-electron chi connectivity index (χ0n) is 21.9. The molecule has 0 aromatic heterocycles. The maximum absolute atomic E-state index is 14.1. The minimum atomic E-state index is -1.17. The lowest BCUT2D eigenvalue weighted by Crippen LogP contribution is -2.58. The van der Waals surface area contributed by atoms with Crippen LogP contribution in [0.3, 0.4) is 0 Å². The first-order valence-electron chi connectivity index (χ1n) is 13.9. The molecule has 9 heteroatoms. The lowest BCUT2D eigenvalue weighted by atomic mass is 9.73. The number of hydrogen-bond acceptors (Lipinski definition) is 5. The minimum Gasteiger partial charge on any atom is -0.376 e. The Morgan fingerprint density at radius 1 is 1.11 bits per heavy atom. The largest absolute Gasteiger partial charge is 0.376 e. The predicted octanol–water partition coefficient (Wildman–Crippen LogP) is 3.55. The average molecular weight is 542 g/mol. The number of likely N-dealkylation sites (tertiary alicyclic amines) is 1. The standard InChI is InChI=1S/C29H36ClN3O5/c1-16-5-3-7-21(17(16)2)32-27(35)25-29-13-12-22(38-29)23(26(34)31-19-10-8-18(30)9-11-19)24(29)28(36)33(25)15-20-6-4-14-37-20/h8-13,16-17,20-25H,3-7,14-15H2,1-2H3,(H,31,34)(H,32,35)/t16-,17-,20+,21+,22-,23-,24-,25+,29+/m1/s1. The number of benzene rings is 1. The van der Waals surface area contributed by atoms with E-state index in [-0.39, 0.29) is 29.9 Å². The zero-order chi connectivity index (χ0) is 26.6. The molecule has 4 heterocycles. The zero-order valence-corrected chi connectivity index (χ0v) is 22.7. The molecule has 4 aliphatic heterocycles. The van der Waals surface area contributed by atoms with Crippen LogP contribution in [0, 0.1) is 23.7 Å². The van der Waals surface area contributed by atoms with E-state index < -0.39 is 29.6 Å². The maximum atomic E-state index is 14.1. The van der Waals surface area contributed by atoms with Crippen molar-refractivity contribution in [1.82, 2.24) is 10.2 Å². The molecule has 0 unspecified atom stereocenters. The first-order chi connectivity index (χ1) is 18.3. The molecule has 9 atom stereocenters. The van der Waals surface area contributed by atoms with Crippen molar-refractivity contribution in [3.8, 4) is 0 Å². The van der Waals surface area contributed by atoms with Crippen molar-refractivity contribution in [3.63, 3.8) is 0 Å². The number of halogens is 1. The van der Waals surface area contributed by atoms with Crippen molar-refractivity contribution < 1.29 is 23.9 Å². The molecule has 1 spiro atoms. The Bertz CT molecular complexity index is 1140. The van der Waals surface area contributed by atoms with Crippen LogP contribution in [0.15, 0.2) is 36.4 Å². The van der Waals surface area contributed by atoms with Crippen LogP contribution in [-0.2, 0) is 23.9 Å². The molecule has 2 N–H and O–H groups in total. The number of carbonyl (C=O) groups excluding carboxylic acids is 3. The van der Waals surface area contributed by atoms with Gasteiger partial charge in [-0.05, 0) is 55.4 Å². The SMILES string of the molecule is C[C@@H]1[C@H](C)CCC[C@@H]1NC(=O)[C@@H]1N(C[C@@H]2CCCO2)C(=O)[C@H]2[C@H](C(=O)Nc3ccc(Cl)cc3)[C@H]3C=C[C@@]12O3. The molecule has 1 aliphatic carbocycles. The highest BCUT2D eigenvalue weighted by molar-refractivity contribution is 6.30. The number of ether oxygens (including phenoxy) is 2. The van der Waals surface area contributed by atoms with E-state index in [1.54, 1.807) is 29.2 Å². The molecular formula is C29H36ClN3O5. The molecule has 4 fully saturated rings. The fourth-order valence-corrected chi connectivity index (χ4v) is 7.40.